The zero-order valence-corrected chi connectivity index (χ0v) is 9.55. The van der Waals surface area contributed by atoms with Crippen molar-refractivity contribution in [1.29, 1.82) is 0 Å². The van der Waals surface area contributed by atoms with Gasteiger partial charge in [-0.1, -0.05) is 22.9 Å². The number of esters is 1. The van der Waals surface area contributed by atoms with Crippen LogP contribution in [0.25, 0.3) is 0 Å². The Morgan fingerprint density at radius 3 is 2.46 bits per heavy atom. The smallest absolute Gasteiger partial charge is 0.328 e. The number of carbonyl (C=O) groups is 2. The molecule has 0 aromatic heterocycles. The minimum Gasteiger partial charge on any atom is -0.467 e. The molecule has 0 aromatic carbocycles. The molecule has 0 rings (SSSR count). The van der Waals surface area contributed by atoms with Crippen molar-refractivity contribution in [1.82, 2.24) is 5.32 Å². The van der Waals surface area contributed by atoms with Crippen LogP contribution in [0.4, 0.5) is 0 Å². The molecule has 0 fully saturated rings. The molecule has 0 spiro atoms. The van der Waals surface area contributed by atoms with E-state index >= 15 is 0 Å². The van der Waals surface area contributed by atoms with Gasteiger partial charge in [0.25, 0.3) is 0 Å². The second-order valence-electron chi connectivity index (χ2n) is 2.63. The van der Waals surface area contributed by atoms with Gasteiger partial charge in [-0.3, -0.25) is 4.79 Å². The monoisotopic (exact) mass is 251 g/mol. The van der Waals surface area contributed by atoms with Crippen molar-refractivity contribution in [3.8, 4) is 0 Å². The molecule has 4 nitrogen and oxygen atoms in total. The molecule has 0 saturated carbocycles. The van der Waals surface area contributed by atoms with E-state index < -0.39 is 12.0 Å². The van der Waals surface area contributed by atoms with E-state index in [0.29, 0.717) is 6.42 Å². The number of ether oxygens (including phenoxy) is 1. The molecule has 0 radical (unpaired) electrons. The van der Waals surface area contributed by atoms with Crippen LogP contribution in [0.1, 0.15) is 20.3 Å². The Hall–Kier alpha value is -0.580. The number of nitrogens with one attached hydrogen (secondary N) is 1. The van der Waals surface area contributed by atoms with E-state index in [-0.39, 0.29) is 10.7 Å². The fourth-order valence-electron chi connectivity index (χ4n) is 0.725. The molecule has 5 heteroatoms. The molecule has 0 aliphatic carbocycles. The van der Waals surface area contributed by atoms with Crippen LogP contribution in [0.15, 0.2) is 0 Å². The number of rotatable bonds is 4. The zero-order chi connectivity index (χ0) is 10.4. The fourth-order valence-corrected chi connectivity index (χ4v) is 0.857. The van der Waals surface area contributed by atoms with Crippen LogP contribution in [-0.4, -0.2) is 29.9 Å². The molecular weight excluding hydrogens is 238 g/mol. The van der Waals surface area contributed by atoms with Crippen LogP contribution < -0.4 is 5.32 Å². The summed E-state index contributed by atoms with van der Waals surface area (Å²) < 4.78 is 4.46. The number of hydrogen-bond donors (Lipinski definition) is 1. The first kappa shape index (κ1) is 12.4. The van der Waals surface area contributed by atoms with Gasteiger partial charge in [-0.05, 0) is 13.3 Å². The van der Waals surface area contributed by atoms with E-state index in [0.717, 1.165) is 0 Å². The van der Waals surface area contributed by atoms with Crippen molar-refractivity contribution in [3.05, 3.63) is 0 Å². The predicted octanol–water partition coefficient (Wildman–Crippen LogP) is 0.838. The molecule has 0 heterocycles. The molecule has 0 aliphatic rings. The van der Waals surface area contributed by atoms with Crippen molar-refractivity contribution in [2.45, 2.75) is 31.1 Å². The lowest BCUT2D eigenvalue weighted by Crippen LogP contribution is -2.42. The molecule has 1 amide bonds. The van der Waals surface area contributed by atoms with E-state index in [4.69, 9.17) is 0 Å². The summed E-state index contributed by atoms with van der Waals surface area (Å²) >= 11 is 3.18. The summed E-state index contributed by atoms with van der Waals surface area (Å²) in [7, 11) is 1.29. The number of amides is 1. The topological polar surface area (TPSA) is 55.4 Å². The summed E-state index contributed by atoms with van der Waals surface area (Å²) in [6, 6.07) is -0.593. The highest BCUT2D eigenvalue weighted by molar-refractivity contribution is 9.10. The van der Waals surface area contributed by atoms with Gasteiger partial charge in [0.1, 0.15) is 6.04 Å². The van der Waals surface area contributed by atoms with Gasteiger partial charge in [-0.2, -0.15) is 0 Å². The number of halogens is 1. The highest BCUT2D eigenvalue weighted by atomic mass is 79.9. The van der Waals surface area contributed by atoms with Gasteiger partial charge in [-0.25, -0.2) is 4.79 Å². The third-order valence-corrected chi connectivity index (χ3v) is 2.62. The third-order valence-electron chi connectivity index (χ3n) is 1.56. The SMILES string of the molecule is CC[C@H](Br)C(=O)N[C@H](C)C(=O)OC. The maximum atomic E-state index is 11.2. The summed E-state index contributed by atoms with van der Waals surface area (Å²) in [4.78, 5) is 21.9. The van der Waals surface area contributed by atoms with E-state index in [1.807, 2.05) is 6.92 Å². The van der Waals surface area contributed by atoms with Gasteiger partial charge in [0, 0.05) is 0 Å². The Labute approximate surface area is 86.1 Å². The molecule has 13 heavy (non-hydrogen) atoms. The van der Waals surface area contributed by atoms with E-state index in [1.54, 1.807) is 6.92 Å². The zero-order valence-electron chi connectivity index (χ0n) is 7.96. The van der Waals surface area contributed by atoms with Gasteiger partial charge >= 0.3 is 5.97 Å². The molecule has 76 valence electrons. The Kier molecular flexibility index (Phi) is 5.70. The Bertz CT molecular complexity index is 196. The first-order valence-corrected chi connectivity index (χ1v) is 4.96. The Morgan fingerprint density at radius 2 is 2.08 bits per heavy atom. The van der Waals surface area contributed by atoms with Crippen molar-refractivity contribution < 1.29 is 14.3 Å². The second-order valence-corrected chi connectivity index (χ2v) is 3.73. The van der Waals surface area contributed by atoms with Crippen LogP contribution in [-0.2, 0) is 14.3 Å². The molecule has 2 atom stereocenters. The Morgan fingerprint density at radius 1 is 1.54 bits per heavy atom. The lowest BCUT2D eigenvalue weighted by atomic mass is 10.3. The molecular formula is C8H14BrNO3. The summed E-state index contributed by atoms with van der Waals surface area (Å²) in [6.07, 6.45) is 0.680. The summed E-state index contributed by atoms with van der Waals surface area (Å²) in [6.45, 7) is 3.46. The summed E-state index contributed by atoms with van der Waals surface area (Å²) in [5, 5.41) is 2.52. The number of methoxy groups -OCH3 is 1. The first-order chi connectivity index (χ1) is 6.02. The maximum absolute atomic E-state index is 11.2. The van der Waals surface area contributed by atoms with Crippen LogP contribution >= 0.6 is 15.9 Å². The molecule has 0 aliphatic heterocycles. The van der Waals surface area contributed by atoms with E-state index in [1.165, 1.54) is 7.11 Å². The van der Waals surface area contributed by atoms with Gasteiger partial charge in [0.2, 0.25) is 5.91 Å². The second kappa shape index (κ2) is 5.96. The van der Waals surface area contributed by atoms with Gasteiger partial charge in [0.15, 0.2) is 0 Å². The van der Waals surface area contributed by atoms with Crippen LogP contribution in [0, 0.1) is 0 Å². The molecule has 0 aromatic rings. The minimum absolute atomic E-state index is 0.194. The molecule has 0 bridgehead atoms. The van der Waals surface area contributed by atoms with Gasteiger partial charge in [0.05, 0.1) is 11.9 Å². The molecule has 1 N–H and O–H groups in total. The van der Waals surface area contributed by atoms with Crippen molar-refractivity contribution >= 4 is 27.8 Å². The van der Waals surface area contributed by atoms with Crippen LogP contribution in [0.3, 0.4) is 0 Å². The number of hydrogen-bond acceptors (Lipinski definition) is 3. The summed E-state index contributed by atoms with van der Waals surface area (Å²) in [5.41, 5.74) is 0. The van der Waals surface area contributed by atoms with Crippen molar-refractivity contribution in [3.63, 3.8) is 0 Å². The normalized spacial score (nSPS) is 14.5. The lowest BCUT2D eigenvalue weighted by Gasteiger charge is -2.13. The van der Waals surface area contributed by atoms with Gasteiger partial charge < -0.3 is 10.1 Å². The number of alkyl halides is 1. The predicted molar refractivity (Wildman–Crippen MR) is 52.6 cm³/mol. The average Bonchev–Trinajstić information content (AvgIpc) is 2.14. The molecule has 0 unspecified atom stereocenters. The maximum Gasteiger partial charge on any atom is 0.328 e. The van der Waals surface area contributed by atoms with Crippen LogP contribution in [0.5, 0.6) is 0 Å². The largest absolute Gasteiger partial charge is 0.467 e. The number of carbonyl (C=O) groups excluding carboxylic acids is 2. The quantitative estimate of drug-likeness (QED) is 0.595. The minimum atomic E-state index is -0.593. The summed E-state index contributed by atoms with van der Waals surface area (Å²) in [5.74, 6) is -0.635. The van der Waals surface area contributed by atoms with Gasteiger partial charge in [-0.15, -0.1) is 0 Å². The first-order valence-electron chi connectivity index (χ1n) is 4.05. The van der Waals surface area contributed by atoms with E-state index in [9.17, 15) is 9.59 Å². The Balaban J connectivity index is 3.98. The highest BCUT2D eigenvalue weighted by Crippen LogP contribution is 2.04. The standard InChI is InChI=1S/C8H14BrNO3/c1-4-6(9)7(11)10-5(2)8(12)13-3/h5-6H,4H2,1-3H3,(H,10,11)/t5-,6+/m1/s1. The highest BCUT2D eigenvalue weighted by Gasteiger charge is 2.19. The van der Waals surface area contributed by atoms with E-state index in [2.05, 4.69) is 26.0 Å². The van der Waals surface area contributed by atoms with Crippen LogP contribution in [0.2, 0.25) is 0 Å². The van der Waals surface area contributed by atoms with Crippen molar-refractivity contribution in [2.24, 2.45) is 0 Å². The molecule has 0 saturated heterocycles. The lowest BCUT2D eigenvalue weighted by molar-refractivity contribution is -0.144. The van der Waals surface area contributed by atoms with Crippen molar-refractivity contribution in [2.75, 3.05) is 7.11 Å². The third kappa shape index (κ3) is 4.26. The fraction of sp³-hybridized carbons (Fsp3) is 0.750. The average molecular weight is 252 g/mol.